The molecular formula is C15H19N3. The molecule has 3 nitrogen and oxygen atoms in total. The van der Waals surface area contributed by atoms with Gasteiger partial charge in [-0.05, 0) is 18.9 Å². The van der Waals surface area contributed by atoms with Crippen LogP contribution in [0.5, 0.6) is 0 Å². The molecule has 0 amide bonds. The SMILES string of the molecule is NC1(c2cc(-c3ccccc3)n[nH]2)CCCCC1. The summed E-state index contributed by atoms with van der Waals surface area (Å²) in [7, 11) is 0. The summed E-state index contributed by atoms with van der Waals surface area (Å²) in [4.78, 5) is 0. The lowest BCUT2D eigenvalue weighted by Gasteiger charge is -2.32. The van der Waals surface area contributed by atoms with E-state index >= 15 is 0 Å². The smallest absolute Gasteiger partial charge is 0.0924 e. The van der Waals surface area contributed by atoms with Gasteiger partial charge >= 0.3 is 0 Å². The van der Waals surface area contributed by atoms with Gasteiger partial charge in [-0.25, -0.2) is 0 Å². The van der Waals surface area contributed by atoms with Crippen LogP contribution >= 0.6 is 0 Å². The van der Waals surface area contributed by atoms with Gasteiger partial charge in [-0.3, -0.25) is 5.10 Å². The number of aromatic nitrogens is 2. The molecule has 2 aromatic rings. The summed E-state index contributed by atoms with van der Waals surface area (Å²) >= 11 is 0. The molecular weight excluding hydrogens is 222 g/mol. The maximum Gasteiger partial charge on any atom is 0.0924 e. The van der Waals surface area contributed by atoms with Crippen molar-refractivity contribution < 1.29 is 0 Å². The zero-order valence-electron chi connectivity index (χ0n) is 10.5. The number of nitrogens with two attached hydrogens (primary N) is 1. The highest BCUT2D eigenvalue weighted by Crippen LogP contribution is 2.34. The van der Waals surface area contributed by atoms with E-state index in [0.29, 0.717) is 0 Å². The summed E-state index contributed by atoms with van der Waals surface area (Å²) in [6, 6.07) is 12.3. The lowest BCUT2D eigenvalue weighted by molar-refractivity contribution is 0.295. The minimum Gasteiger partial charge on any atom is -0.320 e. The van der Waals surface area contributed by atoms with Crippen LogP contribution in [-0.4, -0.2) is 10.2 Å². The molecule has 94 valence electrons. The standard InChI is InChI=1S/C15H19N3/c16-15(9-5-2-6-10-15)14-11-13(17-18-14)12-7-3-1-4-8-12/h1,3-4,7-8,11H,2,5-6,9-10,16H2,(H,17,18). The number of nitrogens with one attached hydrogen (secondary N) is 1. The van der Waals surface area contributed by atoms with E-state index in [2.05, 4.69) is 28.4 Å². The largest absolute Gasteiger partial charge is 0.320 e. The van der Waals surface area contributed by atoms with Gasteiger partial charge in [0.05, 0.1) is 16.9 Å². The zero-order valence-corrected chi connectivity index (χ0v) is 10.5. The van der Waals surface area contributed by atoms with Gasteiger partial charge < -0.3 is 5.73 Å². The fraction of sp³-hybridized carbons (Fsp3) is 0.400. The van der Waals surface area contributed by atoms with E-state index < -0.39 is 0 Å². The van der Waals surface area contributed by atoms with Gasteiger partial charge in [0.1, 0.15) is 0 Å². The minimum atomic E-state index is -0.196. The summed E-state index contributed by atoms with van der Waals surface area (Å²) in [5.41, 5.74) is 9.51. The molecule has 3 N–H and O–H groups in total. The molecule has 18 heavy (non-hydrogen) atoms. The van der Waals surface area contributed by atoms with Crippen LogP contribution in [0, 0.1) is 0 Å². The van der Waals surface area contributed by atoms with Crippen LogP contribution in [0.2, 0.25) is 0 Å². The highest BCUT2D eigenvalue weighted by Gasteiger charge is 2.31. The quantitative estimate of drug-likeness (QED) is 0.848. The summed E-state index contributed by atoms with van der Waals surface area (Å²) in [6.45, 7) is 0. The first kappa shape index (κ1) is 11.5. The molecule has 0 atom stereocenters. The molecule has 0 unspecified atom stereocenters. The van der Waals surface area contributed by atoms with E-state index in [1.54, 1.807) is 0 Å². The highest BCUT2D eigenvalue weighted by atomic mass is 15.1. The molecule has 0 aliphatic heterocycles. The molecule has 3 heteroatoms. The van der Waals surface area contributed by atoms with E-state index in [4.69, 9.17) is 5.73 Å². The van der Waals surface area contributed by atoms with Crippen molar-refractivity contribution in [1.82, 2.24) is 10.2 Å². The number of rotatable bonds is 2. The Morgan fingerprint density at radius 2 is 1.78 bits per heavy atom. The van der Waals surface area contributed by atoms with E-state index in [0.717, 1.165) is 29.8 Å². The van der Waals surface area contributed by atoms with Crippen molar-refractivity contribution in [2.75, 3.05) is 0 Å². The Hall–Kier alpha value is -1.61. The van der Waals surface area contributed by atoms with Gasteiger partial charge in [-0.15, -0.1) is 0 Å². The molecule has 1 fully saturated rings. The van der Waals surface area contributed by atoms with Crippen LogP contribution < -0.4 is 5.73 Å². The Morgan fingerprint density at radius 1 is 1.06 bits per heavy atom. The third kappa shape index (κ3) is 2.06. The number of hydrogen-bond donors (Lipinski definition) is 2. The maximum atomic E-state index is 6.50. The molecule has 1 saturated carbocycles. The van der Waals surface area contributed by atoms with Crippen molar-refractivity contribution in [2.45, 2.75) is 37.6 Å². The van der Waals surface area contributed by atoms with Crippen molar-refractivity contribution in [2.24, 2.45) is 5.73 Å². The molecule has 0 saturated heterocycles. The summed E-state index contributed by atoms with van der Waals surface area (Å²) < 4.78 is 0. The van der Waals surface area contributed by atoms with Crippen LogP contribution in [0.25, 0.3) is 11.3 Å². The summed E-state index contributed by atoms with van der Waals surface area (Å²) in [6.07, 6.45) is 5.86. The number of nitrogens with zero attached hydrogens (tertiary/aromatic N) is 1. The minimum absolute atomic E-state index is 0.196. The van der Waals surface area contributed by atoms with E-state index in [-0.39, 0.29) is 5.54 Å². The Bertz CT molecular complexity index is 510. The molecule has 1 aromatic carbocycles. The second-order valence-corrected chi connectivity index (χ2v) is 5.25. The van der Waals surface area contributed by atoms with Crippen molar-refractivity contribution in [1.29, 1.82) is 0 Å². The topological polar surface area (TPSA) is 54.7 Å². The average Bonchev–Trinajstić information content (AvgIpc) is 2.91. The highest BCUT2D eigenvalue weighted by molar-refractivity contribution is 5.59. The molecule has 1 aliphatic rings. The number of hydrogen-bond acceptors (Lipinski definition) is 2. The molecule has 1 aliphatic carbocycles. The number of H-pyrrole nitrogens is 1. The molecule has 0 radical (unpaired) electrons. The third-order valence-corrected chi connectivity index (χ3v) is 3.93. The van der Waals surface area contributed by atoms with Crippen LogP contribution in [0.1, 0.15) is 37.8 Å². The van der Waals surface area contributed by atoms with Gasteiger partial charge in [0.15, 0.2) is 0 Å². The summed E-state index contributed by atoms with van der Waals surface area (Å²) in [5.74, 6) is 0. The number of aromatic amines is 1. The van der Waals surface area contributed by atoms with Gasteiger partial charge in [0.25, 0.3) is 0 Å². The van der Waals surface area contributed by atoms with Crippen molar-refractivity contribution >= 4 is 0 Å². The zero-order chi connectivity index (χ0) is 12.4. The van der Waals surface area contributed by atoms with E-state index in [9.17, 15) is 0 Å². The fourth-order valence-corrected chi connectivity index (χ4v) is 2.79. The Morgan fingerprint density at radius 3 is 2.50 bits per heavy atom. The predicted molar refractivity (Wildman–Crippen MR) is 73.0 cm³/mol. The molecule has 1 heterocycles. The van der Waals surface area contributed by atoms with Crippen molar-refractivity contribution in [3.05, 3.63) is 42.1 Å². The second-order valence-electron chi connectivity index (χ2n) is 5.25. The van der Waals surface area contributed by atoms with Gasteiger partial charge in [-0.1, -0.05) is 49.6 Å². The first-order chi connectivity index (χ1) is 8.78. The van der Waals surface area contributed by atoms with Crippen molar-refractivity contribution in [3.8, 4) is 11.3 Å². The van der Waals surface area contributed by atoms with Crippen LogP contribution in [0.4, 0.5) is 0 Å². The third-order valence-electron chi connectivity index (χ3n) is 3.93. The van der Waals surface area contributed by atoms with Gasteiger partial charge in [0, 0.05) is 5.56 Å². The predicted octanol–water partition coefficient (Wildman–Crippen LogP) is 3.19. The van der Waals surface area contributed by atoms with Crippen LogP contribution in [0.15, 0.2) is 36.4 Å². The van der Waals surface area contributed by atoms with Gasteiger partial charge in [-0.2, -0.15) is 5.10 Å². The maximum absolute atomic E-state index is 6.50. The molecule has 0 bridgehead atoms. The van der Waals surface area contributed by atoms with E-state index in [1.165, 1.54) is 19.3 Å². The van der Waals surface area contributed by atoms with Crippen LogP contribution in [0.3, 0.4) is 0 Å². The monoisotopic (exact) mass is 241 g/mol. The molecule has 1 aromatic heterocycles. The van der Waals surface area contributed by atoms with Crippen molar-refractivity contribution in [3.63, 3.8) is 0 Å². The Balaban J connectivity index is 1.89. The second kappa shape index (κ2) is 4.58. The molecule has 0 spiro atoms. The van der Waals surface area contributed by atoms with E-state index in [1.807, 2.05) is 18.2 Å². The Kier molecular flexibility index (Phi) is 2.92. The lowest BCUT2D eigenvalue weighted by Crippen LogP contribution is -2.38. The van der Waals surface area contributed by atoms with Crippen LogP contribution in [-0.2, 0) is 5.54 Å². The molecule has 3 rings (SSSR count). The fourth-order valence-electron chi connectivity index (χ4n) is 2.79. The normalized spacial score (nSPS) is 18.7. The summed E-state index contributed by atoms with van der Waals surface area (Å²) in [5, 5.41) is 7.54. The first-order valence-corrected chi connectivity index (χ1v) is 6.68. The van der Waals surface area contributed by atoms with Gasteiger partial charge in [0.2, 0.25) is 0 Å². The Labute approximate surface area is 107 Å². The first-order valence-electron chi connectivity index (χ1n) is 6.68. The number of benzene rings is 1. The lowest BCUT2D eigenvalue weighted by atomic mass is 9.80. The average molecular weight is 241 g/mol.